The van der Waals surface area contributed by atoms with Gasteiger partial charge < -0.3 is 14.7 Å². The zero-order valence-electron chi connectivity index (χ0n) is 25.3. The van der Waals surface area contributed by atoms with Crippen LogP contribution in [0, 0.1) is 23.7 Å². The number of fused-ring (bicyclic) bond motifs is 2. The van der Waals surface area contributed by atoms with Crippen molar-refractivity contribution in [3.63, 3.8) is 0 Å². The number of hydrogen-bond acceptors (Lipinski definition) is 5. The van der Waals surface area contributed by atoms with E-state index in [0.717, 1.165) is 42.9 Å². The molecule has 3 aliphatic rings. The SMILES string of the molecule is CCCc1cc(Cl)ccc1C1COc2ccc3cc2N(C1)CC1CCC1C(CC(=O)O)/C=C/CC(C)C(C)S(=O)NC3=O. The van der Waals surface area contributed by atoms with Crippen LogP contribution in [0.25, 0.3) is 0 Å². The Kier molecular flexibility index (Phi) is 10.2. The molecular weight excluding hydrogens is 584 g/mol. The Morgan fingerprint density at radius 1 is 1.16 bits per heavy atom. The summed E-state index contributed by atoms with van der Waals surface area (Å²) in [5.41, 5.74) is 3.73. The lowest BCUT2D eigenvalue weighted by molar-refractivity contribution is -0.138. The summed E-state index contributed by atoms with van der Waals surface area (Å²) in [6.07, 6.45) is 8.84. The first-order chi connectivity index (χ1) is 20.6. The summed E-state index contributed by atoms with van der Waals surface area (Å²) >= 11 is 6.39. The highest BCUT2D eigenvalue weighted by molar-refractivity contribution is 7.84. The minimum atomic E-state index is -1.57. The molecular formula is C34H43ClN2O5S. The van der Waals surface area contributed by atoms with Crippen LogP contribution in [0.1, 0.15) is 80.3 Å². The summed E-state index contributed by atoms with van der Waals surface area (Å²) in [5.74, 6) is 0.199. The summed E-state index contributed by atoms with van der Waals surface area (Å²) in [5, 5.41) is 10.2. The predicted molar refractivity (Wildman–Crippen MR) is 172 cm³/mol. The van der Waals surface area contributed by atoms with E-state index in [2.05, 4.69) is 40.8 Å². The minimum Gasteiger partial charge on any atom is -0.491 e. The van der Waals surface area contributed by atoms with Crippen LogP contribution in [0.2, 0.25) is 5.02 Å². The van der Waals surface area contributed by atoms with Gasteiger partial charge in [0.1, 0.15) is 16.7 Å². The summed E-state index contributed by atoms with van der Waals surface area (Å²) in [6.45, 7) is 7.98. The molecule has 1 saturated carbocycles. The van der Waals surface area contributed by atoms with Crippen LogP contribution in [0.4, 0.5) is 5.69 Å². The fourth-order valence-electron chi connectivity index (χ4n) is 6.80. The first-order valence-corrected chi connectivity index (χ1v) is 17.1. The quantitative estimate of drug-likeness (QED) is 0.356. The standard InChI is InChI=1S/C34H43ClN2O5S/c1-4-6-23-15-28(35)11-13-30(23)27-19-37-18-26-9-12-29(26)24(17-33(38)39)8-5-7-21(2)22(3)43(41)36-34(40)25-10-14-32(42-20-27)31(37)16-25/h5,8,10-11,13-16,21-22,24,26-27,29H,4,6-7,9,12,17-20H2,1-3H3,(H,36,40)(H,38,39)/b8-5+. The van der Waals surface area contributed by atoms with Crippen LogP contribution < -0.4 is 14.4 Å². The molecule has 2 aromatic rings. The highest BCUT2D eigenvalue weighted by atomic mass is 35.5. The van der Waals surface area contributed by atoms with Crippen molar-refractivity contribution in [1.82, 2.24) is 4.72 Å². The lowest BCUT2D eigenvalue weighted by atomic mass is 9.65. The number of carbonyl (C=O) groups is 2. The molecule has 0 saturated heterocycles. The molecule has 9 heteroatoms. The van der Waals surface area contributed by atoms with Crippen molar-refractivity contribution in [2.45, 2.75) is 70.5 Å². The molecule has 7 nitrogen and oxygen atoms in total. The van der Waals surface area contributed by atoms with Gasteiger partial charge in [-0.3, -0.25) is 14.3 Å². The average Bonchev–Trinajstić information content (AvgIpc) is 3.13. The van der Waals surface area contributed by atoms with Gasteiger partial charge in [0.15, 0.2) is 0 Å². The summed E-state index contributed by atoms with van der Waals surface area (Å²) < 4.78 is 22.3. The van der Waals surface area contributed by atoms with Crippen LogP contribution >= 0.6 is 11.6 Å². The fourth-order valence-corrected chi connectivity index (χ4v) is 8.01. The monoisotopic (exact) mass is 626 g/mol. The average molecular weight is 627 g/mol. The van der Waals surface area contributed by atoms with Crippen molar-refractivity contribution in [3.8, 4) is 5.75 Å². The summed E-state index contributed by atoms with van der Waals surface area (Å²) in [6, 6.07) is 11.6. The lowest BCUT2D eigenvalue weighted by Gasteiger charge is -2.44. The second kappa shape index (κ2) is 13.9. The molecule has 0 radical (unpaired) electrons. The van der Waals surface area contributed by atoms with Crippen molar-refractivity contribution in [2.75, 3.05) is 24.6 Å². The van der Waals surface area contributed by atoms with Crippen molar-refractivity contribution in [1.29, 1.82) is 0 Å². The van der Waals surface area contributed by atoms with Crippen molar-refractivity contribution < 1.29 is 23.6 Å². The number of nitrogens with zero attached hydrogens (tertiary/aromatic N) is 1. The molecule has 7 unspecified atom stereocenters. The number of carboxylic acids is 1. The van der Waals surface area contributed by atoms with Crippen LogP contribution in [0.3, 0.4) is 0 Å². The zero-order valence-corrected chi connectivity index (χ0v) is 26.8. The molecule has 7 atom stereocenters. The number of allylic oxidation sites excluding steroid dienone is 2. The number of aryl methyl sites for hydroxylation is 1. The van der Waals surface area contributed by atoms with Gasteiger partial charge in [-0.15, -0.1) is 0 Å². The van der Waals surface area contributed by atoms with Gasteiger partial charge >= 0.3 is 5.97 Å². The molecule has 2 bridgehead atoms. The van der Waals surface area contributed by atoms with E-state index in [9.17, 15) is 18.9 Å². The van der Waals surface area contributed by atoms with Crippen molar-refractivity contribution in [2.24, 2.45) is 23.7 Å². The van der Waals surface area contributed by atoms with Crippen molar-refractivity contribution >= 4 is 40.2 Å². The number of carboxylic acid groups (broad SMARTS) is 1. The Morgan fingerprint density at radius 2 is 1.98 bits per heavy atom. The molecule has 2 heterocycles. The number of hydrogen-bond donors (Lipinski definition) is 2. The van der Waals surface area contributed by atoms with Gasteiger partial charge in [0.05, 0.1) is 24.0 Å². The molecule has 0 aromatic heterocycles. The number of carbonyl (C=O) groups excluding carboxylic acids is 1. The number of amides is 1. The largest absolute Gasteiger partial charge is 0.491 e. The molecule has 2 N–H and O–H groups in total. The number of benzene rings is 2. The van der Waals surface area contributed by atoms with E-state index in [1.54, 1.807) is 6.07 Å². The highest BCUT2D eigenvalue weighted by Gasteiger charge is 2.39. The number of rotatable bonds is 5. The van der Waals surface area contributed by atoms with Gasteiger partial charge in [0.2, 0.25) is 0 Å². The molecule has 1 amide bonds. The van der Waals surface area contributed by atoms with Crippen LogP contribution in [0.5, 0.6) is 5.75 Å². The normalized spacial score (nSPS) is 30.2. The molecule has 43 heavy (non-hydrogen) atoms. The van der Waals surface area contributed by atoms with Gasteiger partial charge in [-0.05, 0) is 97.7 Å². The Labute approximate surface area is 262 Å². The Balaban J connectivity index is 1.54. The predicted octanol–water partition coefficient (Wildman–Crippen LogP) is 6.77. The Hall–Kier alpha value is -2.84. The molecule has 1 aliphatic carbocycles. The molecule has 232 valence electrons. The first kappa shape index (κ1) is 31.6. The van der Waals surface area contributed by atoms with Crippen LogP contribution in [-0.2, 0) is 22.2 Å². The molecule has 2 aromatic carbocycles. The number of halogens is 1. The number of anilines is 1. The number of nitrogens with one attached hydrogen (secondary N) is 1. The van der Waals surface area contributed by atoms with Gasteiger partial charge in [-0.2, -0.15) is 0 Å². The second-order valence-electron chi connectivity index (χ2n) is 12.5. The van der Waals surface area contributed by atoms with Gasteiger partial charge in [-0.25, -0.2) is 4.21 Å². The molecule has 1 fully saturated rings. The molecule has 0 spiro atoms. The van der Waals surface area contributed by atoms with Crippen LogP contribution in [-0.4, -0.2) is 46.1 Å². The van der Waals surface area contributed by atoms with Gasteiger partial charge in [0.25, 0.3) is 5.91 Å². The van der Waals surface area contributed by atoms with E-state index in [1.165, 1.54) is 11.1 Å². The summed E-state index contributed by atoms with van der Waals surface area (Å²) in [4.78, 5) is 27.5. The number of aliphatic carboxylic acids is 1. The van der Waals surface area contributed by atoms with E-state index in [0.29, 0.717) is 36.8 Å². The smallest absolute Gasteiger partial charge is 0.303 e. The van der Waals surface area contributed by atoms with E-state index < -0.39 is 17.0 Å². The second-order valence-corrected chi connectivity index (χ2v) is 14.5. The lowest BCUT2D eigenvalue weighted by Crippen LogP contribution is -2.43. The summed E-state index contributed by atoms with van der Waals surface area (Å²) in [7, 11) is -1.57. The Morgan fingerprint density at radius 3 is 2.70 bits per heavy atom. The Bertz CT molecular complexity index is 1400. The third kappa shape index (κ3) is 7.28. The van der Waals surface area contributed by atoms with Gasteiger partial charge in [0, 0.05) is 29.6 Å². The van der Waals surface area contributed by atoms with Crippen molar-refractivity contribution in [3.05, 3.63) is 70.3 Å². The highest BCUT2D eigenvalue weighted by Crippen LogP contribution is 2.45. The maximum Gasteiger partial charge on any atom is 0.303 e. The van der Waals surface area contributed by atoms with Crippen LogP contribution in [0.15, 0.2) is 48.6 Å². The minimum absolute atomic E-state index is 0.0475. The van der Waals surface area contributed by atoms with E-state index >= 15 is 0 Å². The van der Waals surface area contributed by atoms with Gasteiger partial charge in [-0.1, -0.05) is 50.1 Å². The maximum absolute atomic E-state index is 13.3. The van der Waals surface area contributed by atoms with E-state index in [-0.39, 0.29) is 41.2 Å². The molecule has 5 rings (SSSR count). The zero-order chi connectivity index (χ0) is 30.7. The maximum atomic E-state index is 13.3. The fraction of sp³-hybridized carbons (Fsp3) is 0.529. The van der Waals surface area contributed by atoms with E-state index in [4.69, 9.17) is 16.3 Å². The van der Waals surface area contributed by atoms with E-state index in [1.807, 2.05) is 32.0 Å². The topological polar surface area (TPSA) is 95.9 Å². The third-order valence-electron chi connectivity index (χ3n) is 9.62. The number of ether oxygens (including phenoxy) is 1. The molecule has 2 aliphatic heterocycles. The third-order valence-corrected chi connectivity index (χ3v) is 11.4. The first-order valence-electron chi connectivity index (χ1n) is 15.5.